The van der Waals surface area contributed by atoms with Gasteiger partial charge in [-0.05, 0) is 62.1 Å². The first-order valence-corrected chi connectivity index (χ1v) is 11.8. The van der Waals surface area contributed by atoms with Gasteiger partial charge in [-0.15, -0.1) is 0 Å². The van der Waals surface area contributed by atoms with E-state index in [0.717, 1.165) is 19.3 Å². The van der Waals surface area contributed by atoms with Crippen molar-refractivity contribution in [3.63, 3.8) is 0 Å². The zero-order valence-corrected chi connectivity index (χ0v) is 19.1. The highest BCUT2D eigenvalue weighted by Crippen LogP contribution is 2.25. The summed E-state index contributed by atoms with van der Waals surface area (Å²) >= 11 is 6.04. The summed E-state index contributed by atoms with van der Waals surface area (Å²) in [5.74, 6) is -1.29. The molecule has 1 aliphatic rings. The van der Waals surface area contributed by atoms with Gasteiger partial charge in [-0.3, -0.25) is 4.79 Å². The number of carbonyl (C=O) groups excluding carboxylic acids is 2. The largest absolute Gasteiger partial charge is 0.452 e. The maximum Gasteiger partial charge on any atom is 0.338 e. The topological polar surface area (TPSA) is 92.8 Å². The van der Waals surface area contributed by atoms with Gasteiger partial charge in [-0.1, -0.05) is 30.2 Å². The lowest BCUT2D eigenvalue weighted by molar-refractivity contribution is -0.119. The van der Waals surface area contributed by atoms with E-state index in [-0.39, 0.29) is 10.5 Å². The molecule has 0 saturated carbocycles. The van der Waals surface area contributed by atoms with Crippen LogP contribution in [0.1, 0.15) is 40.7 Å². The molecule has 1 fully saturated rings. The van der Waals surface area contributed by atoms with Crippen molar-refractivity contribution in [1.82, 2.24) is 4.31 Å². The van der Waals surface area contributed by atoms with Crippen LogP contribution in [0, 0.1) is 13.8 Å². The van der Waals surface area contributed by atoms with Gasteiger partial charge >= 0.3 is 5.97 Å². The van der Waals surface area contributed by atoms with Gasteiger partial charge in [0.15, 0.2) is 6.61 Å². The number of aryl methyl sites for hydroxylation is 1. The Morgan fingerprint density at radius 1 is 1.10 bits per heavy atom. The highest BCUT2D eigenvalue weighted by molar-refractivity contribution is 7.89. The Hall–Kier alpha value is -2.42. The molecule has 166 valence electrons. The number of nitrogens with zero attached hydrogens (tertiary/aromatic N) is 1. The quantitative estimate of drug-likeness (QED) is 0.654. The van der Waals surface area contributed by atoms with Crippen LogP contribution in [0.5, 0.6) is 0 Å². The van der Waals surface area contributed by atoms with Crippen molar-refractivity contribution < 1.29 is 22.7 Å². The standard InChI is InChI=1S/C22H25ClN2O5S/c1-15-9-10-17(13-20(15)31(28,29)25-11-4-3-5-12-25)22(27)30-14-21(26)24-19-8-6-7-18(23)16(19)2/h6-10,13H,3-5,11-12,14H2,1-2H3,(H,24,26). The zero-order chi connectivity index (χ0) is 22.6. The molecule has 2 aromatic rings. The Balaban J connectivity index is 1.69. The minimum absolute atomic E-state index is 0.0768. The molecular formula is C22H25ClN2O5S. The molecule has 0 spiro atoms. The fraction of sp³-hybridized carbons (Fsp3) is 0.364. The van der Waals surface area contributed by atoms with Gasteiger partial charge in [0.1, 0.15) is 0 Å². The number of ether oxygens (including phenoxy) is 1. The molecule has 0 bridgehead atoms. The van der Waals surface area contributed by atoms with Crippen LogP contribution in [0.4, 0.5) is 5.69 Å². The van der Waals surface area contributed by atoms with Crippen LogP contribution >= 0.6 is 11.6 Å². The SMILES string of the molecule is Cc1ccc(C(=O)OCC(=O)Nc2cccc(Cl)c2C)cc1S(=O)(=O)N1CCCCC1. The van der Waals surface area contributed by atoms with Crippen molar-refractivity contribution in [2.24, 2.45) is 0 Å². The number of sulfonamides is 1. The predicted molar refractivity (Wildman–Crippen MR) is 119 cm³/mol. The minimum Gasteiger partial charge on any atom is -0.452 e. The van der Waals surface area contributed by atoms with E-state index >= 15 is 0 Å². The van der Waals surface area contributed by atoms with E-state index in [4.69, 9.17) is 16.3 Å². The van der Waals surface area contributed by atoms with E-state index in [1.165, 1.54) is 16.4 Å². The second kappa shape index (κ2) is 9.80. The molecule has 0 aromatic heterocycles. The fourth-order valence-electron chi connectivity index (χ4n) is 3.39. The third-order valence-electron chi connectivity index (χ3n) is 5.23. The van der Waals surface area contributed by atoms with E-state index in [2.05, 4.69) is 5.32 Å². The Kier molecular flexibility index (Phi) is 7.35. The number of benzene rings is 2. The van der Waals surface area contributed by atoms with Crippen molar-refractivity contribution in [1.29, 1.82) is 0 Å². The van der Waals surface area contributed by atoms with Gasteiger partial charge in [0.2, 0.25) is 10.0 Å². The van der Waals surface area contributed by atoms with Gasteiger partial charge < -0.3 is 10.1 Å². The second-order valence-electron chi connectivity index (χ2n) is 7.48. The molecule has 0 aliphatic carbocycles. The van der Waals surface area contributed by atoms with Gasteiger partial charge in [0.05, 0.1) is 10.5 Å². The van der Waals surface area contributed by atoms with Gasteiger partial charge in [0, 0.05) is 23.8 Å². The first-order valence-electron chi connectivity index (χ1n) is 10.0. The Labute approximate surface area is 187 Å². The summed E-state index contributed by atoms with van der Waals surface area (Å²) in [4.78, 5) is 24.7. The fourth-order valence-corrected chi connectivity index (χ4v) is 5.34. The average Bonchev–Trinajstić information content (AvgIpc) is 2.76. The lowest BCUT2D eigenvalue weighted by Crippen LogP contribution is -2.36. The number of carbonyl (C=O) groups is 2. The van der Waals surface area contributed by atoms with Crippen molar-refractivity contribution in [3.8, 4) is 0 Å². The average molecular weight is 465 g/mol. The summed E-state index contributed by atoms with van der Waals surface area (Å²) in [6.07, 6.45) is 2.65. The van der Waals surface area contributed by atoms with Crippen molar-refractivity contribution in [3.05, 3.63) is 58.1 Å². The van der Waals surface area contributed by atoms with Gasteiger partial charge in [-0.25, -0.2) is 13.2 Å². The molecule has 7 nitrogen and oxygen atoms in total. The maximum atomic E-state index is 13.0. The molecule has 1 aliphatic heterocycles. The number of hydrogen-bond acceptors (Lipinski definition) is 5. The summed E-state index contributed by atoms with van der Waals surface area (Å²) in [6.45, 7) is 3.89. The summed E-state index contributed by atoms with van der Waals surface area (Å²) in [6, 6.07) is 9.49. The minimum atomic E-state index is -3.70. The number of piperidine rings is 1. The first kappa shape index (κ1) is 23.2. The van der Waals surface area contributed by atoms with Crippen LogP contribution in [0.2, 0.25) is 5.02 Å². The van der Waals surface area contributed by atoms with Crippen molar-refractivity contribution >= 4 is 39.2 Å². The third kappa shape index (κ3) is 5.44. The first-order chi connectivity index (χ1) is 14.7. The summed E-state index contributed by atoms with van der Waals surface area (Å²) in [5.41, 5.74) is 1.86. The molecule has 9 heteroatoms. The molecule has 3 rings (SSSR count). The van der Waals surface area contributed by atoms with Crippen LogP contribution in [0.25, 0.3) is 0 Å². The molecule has 31 heavy (non-hydrogen) atoms. The Bertz CT molecular complexity index is 1100. The summed E-state index contributed by atoms with van der Waals surface area (Å²) in [7, 11) is -3.70. The predicted octanol–water partition coefficient (Wildman–Crippen LogP) is 3.93. The number of rotatable bonds is 6. The van der Waals surface area contributed by atoms with Crippen LogP contribution in [-0.4, -0.2) is 44.3 Å². The molecule has 0 radical (unpaired) electrons. The lowest BCUT2D eigenvalue weighted by atomic mass is 10.1. The molecule has 1 N–H and O–H groups in total. The monoisotopic (exact) mass is 464 g/mol. The number of amides is 1. The molecule has 0 unspecified atom stereocenters. The van der Waals surface area contributed by atoms with E-state index in [0.29, 0.717) is 34.9 Å². The van der Waals surface area contributed by atoms with Crippen LogP contribution < -0.4 is 5.32 Å². The van der Waals surface area contributed by atoms with E-state index < -0.39 is 28.5 Å². The summed E-state index contributed by atoms with van der Waals surface area (Å²) < 4.78 is 32.6. The van der Waals surface area contributed by atoms with Crippen LogP contribution in [-0.2, 0) is 19.6 Å². The maximum absolute atomic E-state index is 13.0. The smallest absolute Gasteiger partial charge is 0.338 e. The van der Waals surface area contributed by atoms with Crippen molar-refractivity contribution in [2.45, 2.75) is 38.0 Å². The molecule has 1 saturated heterocycles. The van der Waals surface area contributed by atoms with Gasteiger partial charge in [-0.2, -0.15) is 4.31 Å². The van der Waals surface area contributed by atoms with Crippen molar-refractivity contribution in [2.75, 3.05) is 25.0 Å². The second-order valence-corrected chi connectivity index (χ2v) is 9.80. The molecule has 1 heterocycles. The number of halogens is 1. The van der Waals surface area contributed by atoms with Gasteiger partial charge in [0.25, 0.3) is 5.91 Å². The normalized spacial score (nSPS) is 14.8. The Morgan fingerprint density at radius 3 is 2.52 bits per heavy atom. The molecular weight excluding hydrogens is 440 g/mol. The van der Waals surface area contributed by atoms with E-state index in [1.54, 1.807) is 38.1 Å². The summed E-state index contributed by atoms with van der Waals surface area (Å²) in [5, 5.41) is 3.15. The number of anilines is 1. The number of hydrogen-bond donors (Lipinski definition) is 1. The zero-order valence-electron chi connectivity index (χ0n) is 17.5. The molecule has 2 aromatic carbocycles. The number of esters is 1. The third-order valence-corrected chi connectivity index (χ3v) is 7.68. The van der Waals surface area contributed by atoms with E-state index in [1.807, 2.05) is 0 Å². The van der Waals surface area contributed by atoms with Crippen LogP contribution in [0.3, 0.4) is 0 Å². The molecule has 0 atom stereocenters. The Morgan fingerprint density at radius 2 is 1.81 bits per heavy atom. The molecule has 1 amide bonds. The highest BCUT2D eigenvalue weighted by atomic mass is 35.5. The van der Waals surface area contributed by atoms with E-state index in [9.17, 15) is 18.0 Å². The van der Waals surface area contributed by atoms with Crippen LogP contribution in [0.15, 0.2) is 41.3 Å². The highest BCUT2D eigenvalue weighted by Gasteiger charge is 2.28. The lowest BCUT2D eigenvalue weighted by Gasteiger charge is -2.26. The number of nitrogens with one attached hydrogen (secondary N) is 1.